The summed E-state index contributed by atoms with van der Waals surface area (Å²) in [6, 6.07) is 14.9. The largest absolute Gasteiger partial charge is 0.466 e. The van der Waals surface area contributed by atoms with Crippen LogP contribution >= 0.6 is 0 Å². The number of fused-ring (bicyclic) bond motifs is 1. The highest BCUT2D eigenvalue weighted by atomic mass is 16.5. The Morgan fingerprint density at radius 3 is 2.59 bits per heavy atom. The molecule has 0 saturated carbocycles. The predicted octanol–water partition coefficient (Wildman–Crippen LogP) is 3.58. The van der Waals surface area contributed by atoms with Gasteiger partial charge in [-0.25, -0.2) is 4.99 Å². The Labute approximate surface area is 161 Å². The van der Waals surface area contributed by atoms with Crippen molar-refractivity contribution in [3.63, 3.8) is 0 Å². The molecule has 2 aromatic rings. The van der Waals surface area contributed by atoms with Crippen LogP contribution in [-0.2, 0) is 16.1 Å². The summed E-state index contributed by atoms with van der Waals surface area (Å²) in [5.41, 5.74) is 1.20. The molecule has 0 aliphatic carbocycles. The maximum Gasteiger partial charge on any atom is 0.309 e. The molecule has 0 bridgehead atoms. The fraction of sp³-hybridized carbons (Fsp3) is 0.455. The zero-order valence-corrected chi connectivity index (χ0v) is 16.3. The minimum atomic E-state index is -0.0600. The normalized spacial score (nSPS) is 15.8. The molecule has 0 spiro atoms. The van der Waals surface area contributed by atoms with E-state index in [1.807, 2.05) is 6.92 Å². The molecule has 2 aromatic carbocycles. The smallest absolute Gasteiger partial charge is 0.309 e. The molecule has 5 heteroatoms. The monoisotopic (exact) mass is 367 g/mol. The van der Waals surface area contributed by atoms with Crippen LogP contribution in [0.15, 0.2) is 47.5 Å². The lowest BCUT2D eigenvalue weighted by molar-refractivity contribution is -0.149. The number of benzene rings is 2. The van der Waals surface area contributed by atoms with Crippen molar-refractivity contribution in [1.82, 2.24) is 10.2 Å². The van der Waals surface area contributed by atoms with E-state index in [-0.39, 0.29) is 11.9 Å². The fourth-order valence-electron chi connectivity index (χ4n) is 3.52. The number of nitrogens with one attached hydrogen (secondary N) is 1. The van der Waals surface area contributed by atoms with Crippen molar-refractivity contribution in [1.29, 1.82) is 0 Å². The van der Waals surface area contributed by atoms with Crippen molar-refractivity contribution in [2.45, 2.75) is 33.2 Å². The molecule has 1 saturated heterocycles. The molecular formula is C22H29N3O2. The first-order valence-electron chi connectivity index (χ1n) is 9.88. The van der Waals surface area contributed by atoms with Gasteiger partial charge in [-0.2, -0.15) is 0 Å². The molecule has 5 nitrogen and oxygen atoms in total. The van der Waals surface area contributed by atoms with Gasteiger partial charge in [0.25, 0.3) is 0 Å². The number of nitrogens with zero attached hydrogens (tertiary/aromatic N) is 2. The number of carbonyl (C=O) groups is 1. The van der Waals surface area contributed by atoms with E-state index in [9.17, 15) is 4.79 Å². The summed E-state index contributed by atoms with van der Waals surface area (Å²) in [5.74, 6) is 0.882. The van der Waals surface area contributed by atoms with Crippen molar-refractivity contribution in [2.24, 2.45) is 10.9 Å². The van der Waals surface area contributed by atoms with Gasteiger partial charge in [0.1, 0.15) is 0 Å². The number of hydrogen-bond acceptors (Lipinski definition) is 3. The van der Waals surface area contributed by atoms with Crippen LogP contribution in [0.25, 0.3) is 10.8 Å². The molecule has 1 heterocycles. The first-order chi connectivity index (χ1) is 13.2. The molecule has 3 rings (SSSR count). The van der Waals surface area contributed by atoms with Crippen molar-refractivity contribution >= 4 is 22.7 Å². The average molecular weight is 367 g/mol. The van der Waals surface area contributed by atoms with Crippen molar-refractivity contribution < 1.29 is 9.53 Å². The quantitative estimate of drug-likeness (QED) is 0.499. The van der Waals surface area contributed by atoms with Gasteiger partial charge in [0.2, 0.25) is 0 Å². The van der Waals surface area contributed by atoms with Crippen LogP contribution in [0.3, 0.4) is 0 Å². The third kappa shape index (κ3) is 5.00. The Morgan fingerprint density at radius 2 is 1.89 bits per heavy atom. The Morgan fingerprint density at radius 1 is 1.15 bits per heavy atom. The number of hydrogen-bond donors (Lipinski definition) is 1. The summed E-state index contributed by atoms with van der Waals surface area (Å²) in [6.07, 6.45) is 1.64. The topological polar surface area (TPSA) is 53.9 Å². The predicted molar refractivity (Wildman–Crippen MR) is 110 cm³/mol. The highest BCUT2D eigenvalue weighted by Crippen LogP contribution is 2.20. The van der Waals surface area contributed by atoms with Gasteiger partial charge in [0.15, 0.2) is 5.96 Å². The number of piperidine rings is 1. The third-order valence-electron chi connectivity index (χ3n) is 4.97. The molecule has 1 fully saturated rings. The molecule has 1 aliphatic rings. The highest BCUT2D eigenvalue weighted by molar-refractivity contribution is 5.83. The number of likely N-dealkylation sites (tertiary alicyclic amines) is 1. The SMILES string of the molecule is CCNC(=NCc1ccc2ccccc2c1)N1CCC(C(=O)OCC)CC1. The van der Waals surface area contributed by atoms with E-state index in [2.05, 4.69) is 59.6 Å². The van der Waals surface area contributed by atoms with Gasteiger partial charge in [0.05, 0.1) is 19.1 Å². The maximum absolute atomic E-state index is 11.9. The minimum absolute atomic E-state index is 0.0181. The van der Waals surface area contributed by atoms with Crippen LogP contribution in [0.2, 0.25) is 0 Å². The molecule has 144 valence electrons. The Hall–Kier alpha value is -2.56. The average Bonchev–Trinajstić information content (AvgIpc) is 2.71. The number of rotatable bonds is 5. The van der Waals surface area contributed by atoms with Crippen LogP contribution in [0.4, 0.5) is 0 Å². The lowest BCUT2D eigenvalue weighted by atomic mass is 9.97. The molecular weight excluding hydrogens is 338 g/mol. The summed E-state index contributed by atoms with van der Waals surface area (Å²) in [4.78, 5) is 19.0. The van der Waals surface area contributed by atoms with Crippen LogP contribution < -0.4 is 5.32 Å². The number of aliphatic imine (C=N–C) groups is 1. The summed E-state index contributed by atoms with van der Waals surface area (Å²) >= 11 is 0. The van der Waals surface area contributed by atoms with Gasteiger partial charge in [-0.15, -0.1) is 0 Å². The Bertz CT molecular complexity index is 795. The highest BCUT2D eigenvalue weighted by Gasteiger charge is 2.27. The minimum Gasteiger partial charge on any atom is -0.466 e. The van der Waals surface area contributed by atoms with Gasteiger partial charge >= 0.3 is 5.97 Å². The lowest BCUT2D eigenvalue weighted by Gasteiger charge is -2.33. The van der Waals surface area contributed by atoms with E-state index in [0.29, 0.717) is 13.2 Å². The van der Waals surface area contributed by atoms with Crippen LogP contribution in [0, 0.1) is 5.92 Å². The number of esters is 1. The summed E-state index contributed by atoms with van der Waals surface area (Å²) in [6.45, 7) is 7.51. The van der Waals surface area contributed by atoms with Gasteiger partial charge < -0.3 is 15.0 Å². The molecule has 0 unspecified atom stereocenters. The van der Waals surface area contributed by atoms with Gasteiger partial charge in [-0.05, 0) is 49.1 Å². The summed E-state index contributed by atoms with van der Waals surface area (Å²) in [5, 5.41) is 5.88. The molecule has 0 radical (unpaired) electrons. The van der Waals surface area contributed by atoms with E-state index < -0.39 is 0 Å². The molecule has 0 amide bonds. The Balaban J connectivity index is 1.65. The van der Waals surface area contributed by atoms with Gasteiger partial charge in [0, 0.05) is 19.6 Å². The maximum atomic E-state index is 11.9. The van der Waals surface area contributed by atoms with Crippen molar-refractivity contribution in [2.75, 3.05) is 26.2 Å². The number of carbonyl (C=O) groups excluding carboxylic acids is 1. The van der Waals surface area contributed by atoms with E-state index >= 15 is 0 Å². The summed E-state index contributed by atoms with van der Waals surface area (Å²) in [7, 11) is 0. The zero-order chi connectivity index (χ0) is 19.1. The second-order valence-corrected chi connectivity index (χ2v) is 6.87. The molecule has 0 aromatic heterocycles. The standard InChI is InChI=1S/C22H29N3O2/c1-3-23-22(25-13-11-19(12-14-25)21(26)27-4-2)24-16-17-9-10-18-7-5-6-8-20(18)15-17/h5-10,15,19H,3-4,11-14,16H2,1-2H3,(H,23,24). The first-order valence-corrected chi connectivity index (χ1v) is 9.88. The van der Waals surface area contributed by atoms with E-state index in [1.165, 1.54) is 16.3 Å². The van der Waals surface area contributed by atoms with Crippen molar-refractivity contribution in [3.8, 4) is 0 Å². The van der Waals surface area contributed by atoms with Crippen LogP contribution in [-0.4, -0.2) is 43.1 Å². The molecule has 0 atom stereocenters. The number of ether oxygens (including phenoxy) is 1. The molecule has 1 N–H and O–H groups in total. The first kappa shape index (κ1) is 19.2. The number of guanidine groups is 1. The van der Waals surface area contributed by atoms with E-state index in [4.69, 9.17) is 9.73 Å². The molecule has 27 heavy (non-hydrogen) atoms. The van der Waals surface area contributed by atoms with E-state index in [0.717, 1.165) is 38.4 Å². The second-order valence-electron chi connectivity index (χ2n) is 6.87. The Kier molecular flexibility index (Phi) is 6.69. The second kappa shape index (κ2) is 9.40. The lowest BCUT2D eigenvalue weighted by Crippen LogP contribution is -2.46. The fourth-order valence-corrected chi connectivity index (χ4v) is 3.52. The van der Waals surface area contributed by atoms with E-state index in [1.54, 1.807) is 0 Å². The van der Waals surface area contributed by atoms with Crippen LogP contribution in [0.5, 0.6) is 0 Å². The van der Waals surface area contributed by atoms with Gasteiger partial charge in [-0.1, -0.05) is 36.4 Å². The summed E-state index contributed by atoms with van der Waals surface area (Å²) < 4.78 is 5.16. The zero-order valence-electron chi connectivity index (χ0n) is 16.3. The van der Waals surface area contributed by atoms with Crippen molar-refractivity contribution in [3.05, 3.63) is 48.0 Å². The van der Waals surface area contributed by atoms with Crippen LogP contribution in [0.1, 0.15) is 32.3 Å². The third-order valence-corrected chi connectivity index (χ3v) is 4.97. The molecule has 1 aliphatic heterocycles. The van der Waals surface area contributed by atoms with Gasteiger partial charge in [-0.3, -0.25) is 4.79 Å².